The molecule has 0 atom stereocenters. The maximum atomic E-state index is 12.5. The van der Waals surface area contributed by atoms with Gasteiger partial charge in [-0.25, -0.2) is 0 Å². The normalized spacial score (nSPS) is 11.0. The van der Waals surface area contributed by atoms with Gasteiger partial charge in [-0.1, -0.05) is 36.4 Å². The molecule has 4 nitrogen and oxygen atoms in total. The molecule has 3 aromatic rings. The van der Waals surface area contributed by atoms with E-state index < -0.39 is 0 Å². The number of aromatic nitrogens is 2. The van der Waals surface area contributed by atoms with Gasteiger partial charge in [-0.05, 0) is 31.5 Å². The molecule has 0 aliphatic carbocycles. The Morgan fingerprint density at radius 1 is 1.14 bits per heavy atom. The van der Waals surface area contributed by atoms with Crippen molar-refractivity contribution in [3.05, 3.63) is 65.9 Å². The van der Waals surface area contributed by atoms with E-state index in [0.29, 0.717) is 12.1 Å². The molecule has 2 aromatic carbocycles. The van der Waals surface area contributed by atoms with Crippen molar-refractivity contribution in [1.29, 1.82) is 0 Å². The summed E-state index contributed by atoms with van der Waals surface area (Å²) in [5.41, 5.74) is 2.74. The molecule has 0 spiro atoms. The quantitative estimate of drug-likeness (QED) is 0.799. The second kappa shape index (κ2) is 6.02. The van der Waals surface area contributed by atoms with Crippen molar-refractivity contribution in [2.24, 2.45) is 0 Å². The van der Waals surface area contributed by atoms with Crippen molar-refractivity contribution in [3.8, 4) is 0 Å². The van der Waals surface area contributed by atoms with Gasteiger partial charge < -0.3 is 5.32 Å². The van der Waals surface area contributed by atoms with Gasteiger partial charge in [-0.3, -0.25) is 9.48 Å². The topological polar surface area (TPSA) is 46.9 Å². The molecule has 22 heavy (non-hydrogen) atoms. The predicted molar refractivity (Wildman–Crippen MR) is 87.7 cm³/mol. The SMILES string of the molecule is CC(C)n1ncc2c(C(=O)NCc3ccccc3)cccc21. The predicted octanol–water partition coefficient (Wildman–Crippen LogP) is 3.55. The Morgan fingerprint density at radius 3 is 2.64 bits per heavy atom. The van der Waals surface area contributed by atoms with Gasteiger partial charge in [0.2, 0.25) is 0 Å². The van der Waals surface area contributed by atoms with Crippen LogP contribution in [-0.2, 0) is 6.54 Å². The molecule has 0 aliphatic heterocycles. The first-order chi connectivity index (χ1) is 10.7. The monoisotopic (exact) mass is 293 g/mol. The summed E-state index contributed by atoms with van der Waals surface area (Å²) in [7, 11) is 0. The van der Waals surface area contributed by atoms with E-state index in [1.807, 2.05) is 53.2 Å². The second-order valence-corrected chi connectivity index (χ2v) is 5.59. The summed E-state index contributed by atoms with van der Waals surface area (Å²) in [5.74, 6) is -0.0715. The summed E-state index contributed by atoms with van der Waals surface area (Å²) < 4.78 is 1.93. The standard InChI is InChI=1S/C18H19N3O/c1-13(2)21-17-10-6-9-15(16(17)12-20-21)18(22)19-11-14-7-4-3-5-8-14/h3-10,12-13H,11H2,1-2H3,(H,19,22). The number of hydrogen-bond acceptors (Lipinski definition) is 2. The zero-order chi connectivity index (χ0) is 15.5. The summed E-state index contributed by atoms with van der Waals surface area (Å²) >= 11 is 0. The van der Waals surface area contributed by atoms with Crippen LogP contribution in [0.25, 0.3) is 10.9 Å². The van der Waals surface area contributed by atoms with Crippen LogP contribution in [0, 0.1) is 0 Å². The maximum absolute atomic E-state index is 12.5. The van der Waals surface area contributed by atoms with Gasteiger partial charge in [0.1, 0.15) is 0 Å². The highest BCUT2D eigenvalue weighted by molar-refractivity contribution is 6.06. The van der Waals surface area contributed by atoms with Crippen molar-refractivity contribution in [2.45, 2.75) is 26.4 Å². The van der Waals surface area contributed by atoms with Crippen LogP contribution in [0.5, 0.6) is 0 Å². The van der Waals surface area contributed by atoms with Crippen LogP contribution in [-0.4, -0.2) is 15.7 Å². The van der Waals surface area contributed by atoms with Crippen molar-refractivity contribution >= 4 is 16.8 Å². The summed E-state index contributed by atoms with van der Waals surface area (Å²) in [6.07, 6.45) is 1.77. The van der Waals surface area contributed by atoms with E-state index in [1.165, 1.54) is 0 Å². The van der Waals surface area contributed by atoms with Gasteiger partial charge in [0.25, 0.3) is 5.91 Å². The first-order valence-corrected chi connectivity index (χ1v) is 7.45. The number of fused-ring (bicyclic) bond motifs is 1. The lowest BCUT2D eigenvalue weighted by Crippen LogP contribution is -2.22. The van der Waals surface area contributed by atoms with Crippen LogP contribution in [0.2, 0.25) is 0 Å². The third-order valence-corrected chi connectivity index (χ3v) is 3.67. The number of carbonyl (C=O) groups excluding carboxylic acids is 1. The molecule has 0 aliphatic rings. The molecular weight excluding hydrogens is 274 g/mol. The van der Waals surface area contributed by atoms with Crippen molar-refractivity contribution in [1.82, 2.24) is 15.1 Å². The summed E-state index contributed by atoms with van der Waals surface area (Å²) in [6.45, 7) is 4.68. The summed E-state index contributed by atoms with van der Waals surface area (Å²) in [6, 6.07) is 15.9. The van der Waals surface area contributed by atoms with E-state index in [4.69, 9.17) is 0 Å². The zero-order valence-electron chi connectivity index (χ0n) is 12.8. The minimum Gasteiger partial charge on any atom is -0.348 e. The summed E-state index contributed by atoms with van der Waals surface area (Å²) in [4.78, 5) is 12.5. The van der Waals surface area contributed by atoms with E-state index in [0.717, 1.165) is 16.5 Å². The van der Waals surface area contributed by atoms with E-state index in [-0.39, 0.29) is 11.9 Å². The number of nitrogens with one attached hydrogen (secondary N) is 1. The Kier molecular flexibility index (Phi) is 3.92. The molecule has 0 bridgehead atoms. The number of nitrogens with zero attached hydrogens (tertiary/aromatic N) is 2. The molecule has 1 amide bonds. The molecule has 1 heterocycles. The van der Waals surface area contributed by atoms with E-state index in [2.05, 4.69) is 24.3 Å². The average Bonchev–Trinajstić information content (AvgIpc) is 2.97. The smallest absolute Gasteiger partial charge is 0.252 e. The second-order valence-electron chi connectivity index (χ2n) is 5.59. The van der Waals surface area contributed by atoms with E-state index in [1.54, 1.807) is 6.20 Å². The van der Waals surface area contributed by atoms with Gasteiger partial charge in [0.05, 0.1) is 17.3 Å². The lowest BCUT2D eigenvalue weighted by atomic mass is 10.1. The highest BCUT2D eigenvalue weighted by Gasteiger charge is 2.13. The van der Waals surface area contributed by atoms with Crippen LogP contribution in [0.15, 0.2) is 54.7 Å². The molecule has 0 unspecified atom stereocenters. The molecule has 112 valence electrons. The van der Waals surface area contributed by atoms with Crippen LogP contribution in [0.3, 0.4) is 0 Å². The maximum Gasteiger partial charge on any atom is 0.252 e. The Bertz CT molecular complexity index is 790. The van der Waals surface area contributed by atoms with Gasteiger partial charge in [0, 0.05) is 18.0 Å². The highest BCUT2D eigenvalue weighted by atomic mass is 16.1. The number of amides is 1. The van der Waals surface area contributed by atoms with Crippen LogP contribution in [0.4, 0.5) is 0 Å². The minimum absolute atomic E-state index is 0.0715. The fourth-order valence-electron chi connectivity index (χ4n) is 2.55. The molecule has 1 N–H and O–H groups in total. The Balaban J connectivity index is 1.85. The van der Waals surface area contributed by atoms with Gasteiger partial charge in [-0.2, -0.15) is 5.10 Å². The minimum atomic E-state index is -0.0715. The molecule has 0 saturated carbocycles. The third kappa shape index (κ3) is 2.72. The van der Waals surface area contributed by atoms with Gasteiger partial charge in [-0.15, -0.1) is 0 Å². The Morgan fingerprint density at radius 2 is 1.91 bits per heavy atom. The molecular formula is C18H19N3O. The number of carbonyl (C=O) groups is 1. The lowest BCUT2D eigenvalue weighted by molar-refractivity contribution is 0.0952. The molecule has 1 aromatic heterocycles. The lowest BCUT2D eigenvalue weighted by Gasteiger charge is -2.09. The number of rotatable bonds is 4. The van der Waals surface area contributed by atoms with Gasteiger partial charge in [0.15, 0.2) is 0 Å². The highest BCUT2D eigenvalue weighted by Crippen LogP contribution is 2.21. The van der Waals surface area contributed by atoms with Crippen molar-refractivity contribution in [2.75, 3.05) is 0 Å². The zero-order valence-corrected chi connectivity index (χ0v) is 12.8. The van der Waals surface area contributed by atoms with Crippen molar-refractivity contribution in [3.63, 3.8) is 0 Å². The van der Waals surface area contributed by atoms with E-state index in [9.17, 15) is 4.79 Å². The first kappa shape index (κ1) is 14.3. The first-order valence-electron chi connectivity index (χ1n) is 7.45. The molecule has 0 radical (unpaired) electrons. The summed E-state index contributed by atoms with van der Waals surface area (Å²) in [5, 5.41) is 8.25. The fraction of sp³-hybridized carbons (Fsp3) is 0.222. The Hall–Kier alpha value is -2.62. The number of hydrogen-bond donors (Lipinski definition) is 1. The molecule has 4 heteroatoms. The average molecular weight is 293 g/mol. The molecule has 3 rings (SSSR count). The van der Waals surface area contributed by atoms with Gasteiger partial charge >= 0.3 is 0 Å². The van der Waals surface area contributed by atoms with Crippen molar-refractivity contribution < 1.29 is 4.79 Å². The number of benzene rings is 2. The molecule has 0 saturated heterocycles. The molecule has 0 fully saturated rings. The van der Waals surface area contributed by atoms with Crippen LogP contribution < -0.4 is 5.32 Å². The Labute approximate surface area is 129 Å². The fourth-order valence-corrected chi connectivity index (χ4v) is 2.55. The van der Waals surface area contributed by atoms with Crippen LogP contribution >= 0.6 is 0 Å². The van der Waals surface area contributed by atoms with E-state index >= 15 is 0 Å². The van der Waals surface area contributed by atoms with Crippen LogP contribution in [0.1, 0.15) is 35.8 Å². The third-order valence-electron chi connectivity index (χ3n) is 3.67. The largest absolute Gasteiger partial charge is 0.348 e.